The largest absolute Gasteiger partial charge is 0.376 e. The van der Waals surface area contributed by atoms with Crippen molar-refractivity contribution in [2.24, 2.45) is 23.7 Å². The molecule has 14 heteroatoms. The first-order valence-electron chi connectivity index (χ1n) is 31.3. The van der Waals surface area contributed by atoms with Crippen molar-refractivity contribution >= 4 is 0 Å². The molecule has 0 radical (unpaired) electrons. The molecule has 0 spiro atoms. The summed E-state index contributed by atoms with van der Waals surface area (Å²) in [5, 5.41) is 9.33. The number of rotatable bonds is 20. The van der Waals surface area contributed by atoms with Crippen LogP contribution in [0.2, 0.25) is 0 Å². The molecule has 1 aliphatic heterocycles. The molecule has 0 saturated carbocycles. The van der Waals surface area contributed by atoms with E-state index in [1.54, 1.807) is 14.2 Å². The van der Waals surface area contributed by atoms with Crippen LogP contribution in [0.1, 0.15) is 156 Å². The van der Waals surface area contributed by atoms with Gasteiger partial charge in [0.05, 0.1) is 75.3 Å². The van der Waals surface area contributed by atoms with Crippen LogP contribution in [-0.4, -0.2) is 183 Å². The molecule has 14 nitrogen and oxygen atoms in total. The number of hydrogen-bond donors (Lipinski definition) is 0. The number of nitrogens with zero attached hydrogens (tertiary/aromatic N) is 8. The van der Waals surface area contributed by atoms with Gasteiger partial charge in [-0.15, -0.1) is 0 Å². The maximum Gasteiger partial charge on any atom is 0.104 e. The maximum absolute atomic E-state index is 7.23. The Balaban J connectivity index is 1.42. The van der Waals surface area contributed by atoms with E-state index in [0.717, 1.165) is 76.1 Å². The third-order valence-electron chi connectivity index (χ3n) is 17.1. The van der Waals surface area contributed by atoms with Crippen LogP contribution >= 0.6 is 0 Å². The summed E-state index contributed by atoms with van der Waals surface area (Å²) in [7, 11) is 12.6. The smallest absolute Gasteiger partial charge is 0.104 e. The Morgan fingerprint density at radius 1 is 0.439 bits per heavy atom. The molecule has 0 N–H and O–H groups in total. The van der Waals surface area contributed by atoms with Gasteiger partial charge in [-0.1, -0.05) is 104 Å². The fourth-order valence-corrected chi connectivity index (χ4v) is 11.8. The fraction of sp³-hybridized carbons (Fsp3) is 0.735. The Bertz CT molecular complexity index is 2190. The molecule has 3 heterocycles. The molecule has 2 aromatic heterocycles. The lowest BCUT2D eigenvalue weighted by molar-refractivity contribution is -0.0536. The Hall–Kier alpha value is -3.54. The molecule has 2 aromatic carbocycles. The summed E-state index contributed by atoms with van der Waals surface area (Å²) in [6.07, 6.45) is 9.47. The number of benzene rings is 2. The summed E-state index contributed by atoms with van der Waals surface area (Å²) < 4.78 is 44.1. The standard InChI is InChI=1S/C68H116N8O6/c1-49(2)33-59-45-79-53(9)39-71(15)62(36-52(7)8)48-82-64(38-56-23-27-58(28-24-56)42-76-66(30-32-70-76)68(13,14)78-20)44-74(18)60(34-50(3)4)46-80-54(10)40-72(16)61(35-51(5)6)47-81-63(43-73(59)17)37-55-21-25-57(26-22-55)41-75-65(29-31-69-75)67(11,12)77-19/h21-32,49-54,59-64H,33-48H2,1-20H3/t53-,54-,59+,60+,61+,62+,63-,64-/m1/s1. The highest BCUT2D eigenvalue weighted by molar-refractivity contribution is 5.26. The van der Waals surface area contributed by atoms with Crippen LogP contribution in [0.15, 0.2) is 73.1 Å². The zero-order chi connectivity index (χ0) is 60.3. The van der Waals surface area contributed by atoms with Gasteiger partial charge < -0.3 is 28.4 Å². The molecule has 4 aromatic rings. The highest BCUT2D eigenvalue weighted by Crippen LogP contribution is 2.27. The molecule has 0 bridgehead atoms. The van der Waals surface area contributed by atoms with Crippen molar-refractivity contribution in [1.29, 1.82) is 0 Å². The second-order valence-corrected chi connectivity index (χ2v) is 27.3. The van der Waals surface area contributed by atoms with Crippen LogP contribution < -0.4 is 0 Å². The van der Waals surface area contributed by atoms with E-state index in [-0.39, 0.29) is 48.6 Å². The van der Waals surface area contributed by atoms with E-state index in [9.17, 15) is 0 Å². The van der Waals surface area contributed by atoms with E-state index in [0.29, 0.717) is 63.2 Å². The molecule has 1 fully saturated rings. The predicted molar refractivity (Wildman–Crippen MR) is 337 cm³/mol. The van der Waals surface area contributed by atoms with Gasteiger partial charge in [0, 0.05) is 77.0 Å². The van der Waals surface area contributed by atoms with Gasteiger partial charge in [0.2, 0.25) is 0 Å². The topological polar surface area (TPSA) is 104 Å². The summed E-state index contributed by atoms with van der Waals surface area (Å²) in [4.78, 5) is 10.0. The van der Waals surface area contributed by atoms with Crippen molar-refractivity contribution in [2.75, 3.05) is 95.0 Å². The Morgan fingerprint density at radius 3 is 1.01 bits per heavy atom. The molecule has 464 valence electrons. The molecule has 0 unspecified atom stereocenters. The average Bonchev–Trinajstić information content (AvgIpc) is 4.10. The Morgan fingerprint density at radius 2 is 0.720 bits per heavy atom. The summed E-state index contributed by atoms with van der Waals surface area (Å²) in [5.41, 5.74) is 6.18. The number of hydrogen-bond acceptors (Lipinski definition) is 12. The lowest BCUT2D eigenvalue weighted by Crippen LogP contribution is -2.47. The van der Waals surface area contributed by atoms with Crippen LogP contribution in [0.25, 0.3) is 0 Å². The molecule has 82 heavy (non-hydrogen) atoms. The fourth-order valence-electron chi connectivity index (χ4n) is 11.8. The first kappa shape index (κ1) is 69.2. The van der Waals surface area contributed by atoms with Gasteiger partial charge in [-0.05, 0) is 166 Å². The van der Waals surface area contributed by atoms with Crippen LogP contribution in [0.3, 0.4) is 0 Å². The van der Waals surface area contributed by atoms with E-state index in [1.807, 2.05) is 21.8 Å². The zero-order valence-corrected chi connectivity index (χ0v) is 55.2. The van der Waals surface area contributed by atoms with Crippen LogP contribution in [-0.2, 0) is 65.6 Å². The highest BCUT2D eigenvalue weighted by Gasteiger charge is 2.30. The number of aromatic nitrogens is 4. The molecular formula is C68H116N8O6. The highest BCUT2D eigenvalue weighted by atomic mass is 16.5. The van der Waals surface area contributed by atoms with Crippen molar-refractivity contribution in [3.05, 3.63) is 107 Å². The minimum atomic E-state index is -0.434. The summed E-state index contributed by atoms with van der Waals surface area (Å²) >= 11 is 0. The van der Waals surface area contributed by atoms with E-state index < -0.39 is 11.2 Å². The monoisotopic (exact) mass is 1140 g/mol. The summed E-state index contributed by atoms with van der Waals surface area (Å²) in [6, 6.07) is 23.1. The minimum Gasteiger partial charge on any atom is -0.376 e. The van der Waals surface area contributed by atoms with Crippen molar-refractivity contribution in [3.63, 3.8) is 0 Å². The van der Waals surface area contributed by atoms with Crippen LogP contribution in [0.4, 0.5) is 0 Å². The van der Waals surface area contributed by atoms with Crippen molar-refractivity contribution in [1.82, 2.24) is 39.2 Å². The predicted octanol–water partition coefficient (Wildman–Crippen LogP) is 11.7. The van der Waals surface area contributed by atoms with Crippen molar-refractivity contribution in [2.45, 2.75) is 208 Å². The van der Waals surface area contributed by atoms with Gasteiger partial charge >= 0.3 is 0 Å². The molecule has 1 aliphatic rings. The van der Waals surface area contributed by atoms with Crippen LogP contribution in [0, 0.1) is 23.7 Å². The molecular weight excluding hydrogens is 1020 g/mol. The first-order chi connectivity index (χ1) is 38.7. The zero-order valence-electron chi connectivity index (χ0n) is 55.2. The Kier molecular flexibility index (Phi) is 28.2. The van der Waals surface area contributed by atoms with E-state index in [1.165, 1.54) is 22.3 Å². The van der Waals surface area contributed by atoms with Gasteiger partial charge in [-0.25, -0.2) is 0 Å². The third-order valence-corrected chi connectivity index (χ3v) is 17.1. The van der Waals surface area contributed by atoms with E-state index >= 15 is 0 Å². The number of methoxy groups -OCH3 is 2. The molecule has 1 saturated heterocycles. The van der Waals surface area contributed by atoms with E-state index in [4.69, 9.17) is 28.4 Å². The lowest BCUT2D eigenvalue weighted by Gasteiger charge is -2.37. The normalized spacial score (nSPS) is 24.5. The molecule has 0 amide bonds. The van der Waals surface area contributed by atoms with Gasteiger partial charge in [-0.3, -0.25) is 29.0 Å². The minimum absolute atomic E-state index is 0.0286. The van der Waals surface area contributed by atoms with Gasteiger partial charge in [0.1, 0.15) is 11.2 Å². The second-order valence-electron chi connectivity index (χ2n) is 27.3. The van der Waals surface area contributed by atoms with Gasteiger partial charge in [0.15, 0.2) is 0 Å². The SMILES string of the molecule is COC(C)(C)c1ccnn1Cc1ccc(C[C@@H]2CN(C)[C@@H](CC(C)C)CO[C@H](C)CN(C)[C@@H](CC(C)C)CO[C@H](Cc3ccc(Cn4nccc4C(C)(C)OC)cc3)CN(C)[C@@H](CC(C)C)CO[C@H](C)CN(C)[C@@H](CC(C)C)CO2)cc1. The first-order valence-corrected chi connectivity index (χ1v) is 31.3. The van der Waals surface area contributed by atoms with Gasteiger partial charge in [0.25, 0.3) is 0 Å². The molecule has 5 rings (SSSR count). The lowest BCUT2D eigenvalue weighted by atomic mass is 10.0. The number of likely N-dealkylation sites (N-methyl/N-ethyl adjacent to an activating group) is 4. The quantitative estimate of drug-likeness (QED) is 0.0842. The maximum atomic E-state index is 7.23. The molecule has 8 atom stereocenters. The third kappa shape index (κ3) is 22.7. The van der Waals surface area contributed by atoms with Gasteiger partial charge in [-0.2, -0.15) is 10.2 Å². The average molecular weight is 1140 g/mol. The van der Waals surface area contributed by atoms with Crippen molar-refractivity contribution < 1.29 is 28.4 Å². The second kappa shape index (κ2) is 33.4. The van der Waals surface area contributed by atoms with E-state index in [2.05, 4.69) is 216 Å². The molecule has 0 aliphatic carbocycles. The summed E-state index contributed by atoms with van der Waals surface area (Å²) in [5.74, 6) is 2.03. The van der Waals surface area contributed by atoms with Crippen LogP contribution in [0.5, 0.6) is 0 Å². The summed E-state index contributed by atoms with van der Waals surface area (Å²) in [6.45, 7) is 38.6. The Labute approximate surface area is 499 Å². The number of ether oxygens (including phenoxy) is 6. The van der Waals surface area contributed by atoms with Crippen molar-refractivity contribution in [3.8, 4) is 0 Å².